The maximum atomic E-state index is 12.0. The molecule has 0 heterocycles. The molecular weight excluding hydrogens is 294 g/mol. The minimum atomic E-state index is -0.428. The van der Waals surface area contributed by atoms with E-state index in [9.17, 15) is 9.59 Å². The van der Waals surface area contributed by atoms with Crippen molar-refractivity contribution in [2.75, 3.05) is 7.11 Å². The predicted octanol–water partition coefficient (Wildman–Crippen LogP) is 2.82. The molecule has 23 heavy (non-hydrogen) atoms. The lowest BCUT2D eigenvalue weighted by molar-refractivity contribution is 0.0152. The number of nitrogens with one attached hydrogen (secondary N) is 1. The number of ether oxygens (including phenoxy) is 1. The summed E-state index contributed by atoms with van der Waals surface area (Å²) < 4.78 is 4.74. The minimum absolute atomic E-state index is 0.123. The lowest BCUT2D eigenvalue weighted by Crippen LogP contribution is -2.24. The highest BCUT2D eigenvalue weighted by atomic mass is 16.7. The van der Waals surface area contributed by atoms with Gasteiger partial charge in [0.15, 0.2) is 0 Å². The first-order chi connectivity index (χ1) is 11.2. The molecule has 1 N–H and O–H groups in total. The van der Waals surface area contributed by atoms with Gasteiger partial charge in [-0.15, -0.1) is 5.48 Å². The highest BCUT2D eigenvalue weighted by Crippen LogP contribution is 2.32. The van der Waals surface area contributed by atoms with Gasteiger partial charge in [0.05, 0.1) is 24.3 Å². The lowest BCUT2D eigenvalue weighted by Gasteiger charge is -2.14. The fourth-order valence-corrected chi connectivity index (χ4v) is 2.73. The van der Waals surface area contributed by atoms with Gasteiger partial charge in [-0.1, -0.05) is 24.3 Å². The second-order valence-electron chi connectivity index (χ2n) is 5.37. The first-order valence-electron chi connectivity index (χ1n) is 7.42. The summed E-state index contributed by atoms with van der Waals surface area (Å²) in [7, 11) is 1.35. The average Bonchev–Trinajstić information content (AvgIpc) is 3.02. The molecule has 118 valence electrons. The number of hydrogen-bond donors (Lipinski definition) is 1. The van der Waals surface area contributed by atoms with Crippen LogP contribution in [-0.2, 0) is 16.0 Å². The van der Waals surface area contributed by atoms with Crippen molar-refractivity contribution >= 4 is 11.9 Å². The zero-order valence-corrected chi connectivity index (χ0v) is 12.7. The van der Waals surface area contributed by atoms with Crippen LogP contribution in [0.4, 0.5) is 0 Å². The Labute approximate surface area is 134 Å². The van der Waals surface area contributed by atoms with Gasteiger partial charge >= 0.3 is 11.9 Å². The molecule has 5 heteroatoms. The smallest absolute Gasteiger partial charge is 0.356 e. The molecule has 1 aliphatic carbocycles. The summed E-state index contributed by atoms with van der Waals surface area (Å²) in [5.41, 5.74) is 5.91. The molecule has 0 aromatic heterocycles. The molecule has 0 saturated heterocycles. The second kappa shape index (κ2) is 6.62. The van der Waals surface area contributed by atoms with Crippen LogP contribution in [0.1, 0.15) is 44.3 Å². The summed E-state index contributed by atoms with van der Waals surface area (Å²) in [6.07, 6.45) is 1.68. The molecular formula is C18H17NO4. The van der Waals surface area contributed by atoms with Crippen LogP contribution in [-0.4, -0.2) is 19.0 Å². The van der Waals surface area contributed by atoms with Crippen molar-refractivity contribution in [2.24, 2.45) is 0 Å². The van der Waals surface area contributed by atoms with Crippen LogP contribution in [0.15, 0.2) is 48.5 Å². The number of rotatable bonds is 4. The van der Waals surface area contributed by atoms with Crippen molar-refractivity contribution in [3.05, 3.63) is 70.8 Å². The summed E-state index contributed by atoms with van der Waals surface area (Å²) in [4.78, 5) is 28.8. The van der Waals surface area contributed by atoms with Crippen LogP contribution >= 0.6 is 0 Å². The van der Waals surface area contributed by atoms with E-state index in [0.29, 0.717) is 11.1 Å². The van der Waals surface area contributed by atoms with Crippen LogP contribution in [0.3, 0.4) is 0 Å². The Morgan fingerprint density at radius 2 is 1.83 bits per heavy atom. The van der Waals surface area contributed by atoms with Crippen LogP contribution in [0.5, 0.6) is 0 Å². The van der Waals surface area contributed by atoms with Gasteiger partial charge in [0.2, 0.25) is 0 Å². The van der Waals surface area contributed by atoms with Crippen LogP contribution in [0.2, 0.25) is 0 Å². The lowest BCUT2D eigenvalue weighted by atomic mass is 10.0. The van der Waals surface area contributed by atoms with Crippen molar-refractivity contribution in [1.29, 1.82) is 0 Å². The Kier molecular flexibility index (Phi) is 4.39. The third-order valence-corrected chi connectivity index (χ3v) is 3.95. The molecule has 0 fully saturated rings. The normalized spacial score (nSPS) is 15.8. The SMILES string of the molecule is COC(=O)c1ccc2c(c1)C(NOC(=O)c1ccccc1)CC2. The molecule has 0 aliphatic heterocycles. The number of carbonyl (C=O) groups excluding carboxylic acids is 2. The van der Waals surface area contributed by atoms with Gasteiger partial charge in [-0.05, 0) is 48.2 Å². The van der Waals surface area contributed by atoms with Crippen molar-refractivity contribution in [1.82, 2.24) is 5.48 Å². The first-order valence-corrected chi connectivity index (χ1v) is 7.42. The minimum Gasteiger partial charge on any atom is -0.465 e. The Balaban J connectivity index is 1.70. The zero-order valence-electron chi connectivity index (χ0n) is 12.7. The van der Waals surface area contributed by atoms with Crippen LogP contribution < -0.4 is 5.48 Å². The van der Waals surface area contributed by atoms with E-state index < -0.39 is 5.97 Å². The zero-order chi connectivity index (χ0) is 16.2. The summed E-state index contributed by atoms with van der Waals surface area (Å²) in [5.74, 6) is -0.803. The molecule has 0 saturated carbocycles. The molecule has 5 nitrogen and oxygen atoms in total. The third-order valence-electron chi connectivity index (χ3n) is 3.95. The second-order valence-corrected chi connectivity index (χ2v) is 5.37. The Morgan fingerprint density at radius 3 is 2.57 bits per heavy atom. The van der Waals surface area contributed by atoms with Crippen LogP contribution in [0.25, 0.3) is 0 Å². The van der Waals surface area contributed by atoms with Gasteiger partial charge in [-0.3, -0.25) is 0 Å². The highest BCUT2D eigenvalue weighted by molar-refractivity contribution is 5.90. The molecule has 3 rings (SSSR count). The topological polar surface area (TPSA) is 64.6 Å². The number of hydrogen-bond acceptors (Lipinski definition) is 5. The number of carbonyl (C=O) groups is 2. The monoisotopic (exact) mass is 311 g/mol. The van der Waals surface area contributed by atoms with E-state index in [1.54, 1.807) is 36.4 Å². The van der Waals surface area contributed by atoms with E-state index in [2.05, 4.69) is 5.48 Å². The fraction of sp³-hybridized carbons (Fsp3) is 0.222. The molecule has 0 radical (unpaired) electrons. The van der Waals surface area contributed by atoms with E-state index in [4.69, 9.17) is 9.57 Å². The summed E-state index contributed by atoms with van der Waals surface area (Å²) >= 11 is 0. The summed E-state index contributed by atoms with van der Waals surface area (Å²) in [6.45, 7) is 0. The number of esters is 1. The number of methoxy groups -OCH3 is 1. The Hall–Kier alpha value is -2.66. The van der Waals surface area contributed by atoms with E-state index >= 15 is 0 Å². The van der Waals surface area contributed by atoms with E-state index in [1.807, 2.05) is 12.1 Å². The largest absolute Gasteiger partial charge is 0.465 e. The Morgan fingerprint density at radius 1 is 1.04 bits per heavy atom. The molecule has 0 amide bonds. The van der Waals surface area contributed by atoms with Gasteiger partial charge in [0.25, 0.3) is 0 Å². The molecule has 1 unspecified atom stereocenters. The van der Waals surface area contributed by atoms with Gasteiger partial charge in [0.1, 0.15) is 0 Å². The maximum absolute atomic E-state index is 12.0. The van der Waals surface area contributed by atoms with Gasteiger partial charge in [-0.2, -0.15) is 0 Å². The average molecular weight is 311 g/mol. The van der Waals surface area contributed by atoms with Crippen molar-refractivity contribution in [3.8, 4) is 0 Å². The van der Waals surface area contributed by atoms with Gasteiger partial charge in [0, 0.05) is 0 Å². The highest BCUT2D eigenvalue weighted by Gasteiger charge is 2.25. The number of benzene rings is 2. The molecule has 0 spiro atoms. The summed E-state index contributed by atoms with van der Waals surface area (Å²) in [6, 6.07) is 14.1. The van der Waals surface area contributed by atoms with Crippen molar-refractivity contribution in [3.63, 3.8) is 0 Å². The first kappa shape index (κ1) is 15.2. The van der Waals surface area contributed by atoms with Crippen molar-refractivity contribution < 1.29 is 19.2 Å². The van der Waals surface area contributed by atoms with E-state index in [0.717, 1.165) is 24.0 Å². The van der Waals surface area contributed by atoms with Crippen molar-refractivity contribution in [2.45, 2.75) is 18.9 Å². The van der Waals surface area contributed by atoms with Gasteiger partial charge < -0.3 is 9.57 Å². The predicted molar refractivity (Wildman–Crippen MR) is 83.8 cm³/mol. The number of fused-ring (bicyclic) bond motifs is 1. The number of aryl methyl sites for hydroxylation is 1. The van der Waals surface area contributed by atoms with Gasteiger partial charge in [-0.25, -0.2) is 9.59 Å². The van der Waals surface area contributed by atoms with E-state index in [-0.39, 0.29) is 12.0 Å². The quantitative estimate of drug-likeness (QED) is 0.695. The molecule has 0 bridgehead atoms. The van der Waals surface area contributed by atoms with Crippen LogP contribution in [0, 0.1) is 0 Å². The standard InChI is InChI=1S/C18H17NO4/c1-22-17(20)14-8-7-12-9-10-16(15(12)11-14)19-23-18(21)13-5-3-2-4-6-13/h2-8,11,16,19H,9-10H2,1H3. The molecule has 1 aliphatic rings. The fourth-order valence-electron chi connectivity index (χ4n) is 2.73. The molecule has 2 aromatic carbocycles. The number of hydroxylamine groups is 1. The molecule has 2 aromatic rings. The molecule has 1 atom stereocenters. The third kappa shape index (κ3) is 3.24. The summed E-state index contributed by atoms with van der Waals surface area (Å²) in [5, 5.41) is 0. The Bertz CT molecular complexity index is 727. The van der Waals surface area contributed by atoms with E-state index in [1.165, 1.54) is 7.11 Å². The maximum Gasteiger partial charge on any atom is 0.356 e.